The Hall–Kier alpha value is -2.21. The Balaban J connectivity index is 2.03. The van der Waals surface area contributed by atoms with E-state index in [9.17, 15) is 14.4 Å². The molecular formula is C15H18N2O4. The highest BCUT2D eigenvalue weighted by Crippen LogP contribution is 2.15. The number of carbonyl (C=O) groups excluding carboxylic acids is 3. The van der Waals surface area contributed by atoms with Crippen LogP contribution in [0.4, 0.5) is 5.69 Å². The van der Waals surface area contributed by atoms with Crippen molar-refractivity contribution in [3.63, 3.8) is 0 Å². The second-order valence-corrected chi connectivity index (χ2v) is 5.00. The van der Waals surface area contributed by atoms with Crippen molar-refractivity contribution in [2.45, 2.75) is 13.3 Å². The maximum absolute atomic E-state index is 12.1. The Morgan fingerprint density at radius 3 is 2.57 bits per heavy atom. The minimum absolute atomic E-state index is 0.383. The first-order chi connectivity index (χ1) is 9.99. The van der Waals surface area contributed by atoms with Gasteiger partial charge in [-0.1, -0.05) is 6.07 Å². The third kappa shape index (κ3) is 3.66. The van der Waals surface area contributed by atoms with Crippen LogP contribution in [-0.2, 0) is 14.3 Å². The summed E-state index contributed by atoms with van der Waals surface area (Å²) in [6.07, 6.45) is -0.430. The van der Waals surface area contributed by atoms with Crippen molar-refractivity contribution in [1.82, 2.24) is 4.90 Å². The molecule has 1 fully saturated rings. The summed E-state index contributed by atoms with van der Waals surface area (Å²) in [6.45, 7) is 3.37. The van der Waals surface area contributed by atoms with Crippen molar-refractivity contribution in [3.8, 4) is 0 Å². The van der Waals surface area contributed by atoms with E-state index in [-0.39, 0.29) is 5.78 Å². The van der Waals surface area contributed by atoms with Crippen LogP contribution in [0.5, 0.6) is 0 Å². The molecule has 1 aromatic rings. The number of nitrogens with two attached hydrogens (primary N) is 1. The summed E-state index contributed by atoms with van der Waals surface area (Å²) in [6, 6.07) is 4.94. The van der Waals surface area contributed by atoms with Crippen LogP contribution in [0.25, 0.3) is 0 Å². The number of nitrogens with zero attached hydrogens (tertiary/aromatic N) is 1. The summed E-state index contributed by atoms with van der Waals surface area (Å²) in [5, 5.41) is 0. The highest BCUT2D eigenvalue weighted by molar-refractivity contribution is 6.40. The second kappa shape index (κ2) is 6.49. The zero-order valence-electron chi connectivity index (χ0n) is 11.9. The Morgan fingerprint density at radius 2 is 1.90 bits per heavy atom. The number of Topliss-reactive ketones (excluding diaryl/α,β-unsaturated/α-hetero) is 2. The lowest BCUT2D eigenvalue weighted by molar-refractivity contribution is -0.146. The molecule has 21 heavy (non-hydrogen) atoms. The zero-order valence-corrected chi connectivity index (χ0v) is 11.9. The van der Waals surface area contributed by atoms with Crippen molar-refractivity contribution >= 4 is 23.2 Å². The summed E-state index contributed by atoms with van der Waals surface area (Å²) in [4.78, 5) is 37.5. The van der Waals surface area contributed by atoms with Crippen LogP contribution in [-0.4, -0.2) is 48.7 Å². The van der Waals surface area contributed by atoms with E-state index in [1.807, 2.05) is 0 Å². The molecule has 0 unspecified atom stereocenters. The molecule has 0 saturated carbocycles. The average molecular weight is 290 g/mol. The van der Waals surface area contributed by atoms with Gasteiger partial charge >= 0.3 is 0 Å². The summed E-state index contributed by atoms with van der Waals surface area (Å²) in [5.74, 6) is -1.69. The van der Waals surface area contributed by atoms with E-state index in [1.54, 1.807) is 19.1 Å². The van der Waals surface area contributed by atoms with Gasteiger partial charge in [-0.05, 0) is 24.6 Å². The molecule has 1 aliphatic rings. The van der Waals surface area contributed by atoms with Gasteiger partial charge in [0.15, 0.2) is 5.78 Å². The summed E-state index contributed by atoms with van der Waals surface area (Å²) >= 11 is 0. The van der Waals surface area contributed by atoms with Crippen molar-refractivity contribution in [2.24, 2.45) is 0 Å². The monoisotopic (exact) mass is 290 g/mol. The number of hydrogen-bond acceptors (Lipinski definition) is 5. The predicted octanol–water partition coefficient (Wildman–Crippen LogP) is 0.578. The maximum Gasteiger partial charge on any atom is 0.290 e. The molecular weight excluding hydrogens is 272 g/mol. The fourth-order valence-electron chi connectivity index (χ4n) is 2.20. The van der Waals surface area contributed by atoms with E-state index in [0.717, 1.165) is 5.56 Å². The first kappa shape index (κ1) is 15.2. The van der Waals surface area contributed by atoms with Crippen molar-refractivity contribution in [3.05, 3.63) is 29.3 Å². The number of anilines is 1. The van der Waals surface area contributed by atoms with Crippen LogP contribution in [0.3, 0.4) is 0 Å². The molecule has 2 N–H and O–H groups in total. The van der Waals surface area contributed by atoms with E-state index >= 15 is 0 Å². The number of ether oxygens (including phenoxy) is 1. The van der Waals surface area contributed by atoms with Gasteiger partial charge in [0.05, 0.1) is 19.6 Å². The lowest BCUT2D eigenvalue weighted by Gasteiger charge is -2.26. The molecule has 0 bridgehead atoms. The number of amides is 1. The van der Waals surface area contributed by atoms with E-state index < -0.39 is 18.1 Å². The molecule has 1 aromatic carbocycles. The number of nitrogen functional groups attached to an aromatic ring is 1. The van der Waals surface area contributed by atoms with Crippen LogP contribution < -0.4 is 5.73 Å². The third-order valence-corrected chi connectivity index (χ3v) is 3.42. The second-order valence-electron chi connectivity index (χ2n) is 5.00. The summed E-state index contributed by atoms with van der Waals surface area (Å²) in [5.41, 5.74) is 7.23. The van der Waals surface area contributed by atoms with E-state index in [4.69, 9.17) is 10.5 Å². The van der Waals surface area contributed by atoms with Crippen molar-refractivity contribution < 1.29 is 19.1 Å². The summed E-state index contributed by atoms with van der Waals surface area (Å²) in [7, 11) is 0. The van der Waals surface area contributed by atoms with Gasteiger partial charge in [-0.2, -0.15) is 0 Å². The number of morpholine rings is 1. The predicted molar refractivity (Wildman–Crippen MR) is 76.9 cm³/mol. The van der Waals surface area contributed by atoms with Crippen molar-refractivity contribution in [1.29, 1.82) is 0 Å². The molecule has 1 aliphatic heterocycles. The Labute approximate surface area is 122 Å². The number of rotatable bonds is 4. The molecule has 6 heteroatoms. The summed E-state index contributed by atoms with van der Waals surface area (Å²) < 4.78 is 5.12. The van der Waals surface area contributed by atoms with Crippen LogP contribution >= 0.6 is 0 Å². The maximum atomic E-state index is 12.1. The number of benzene rings is 1. The fraction of sp³-hybridized carbons (Fsp3) is 0.400. The molecule has 0 spiro atoms. The van der Waals surface area contributed by atoms with Crippen LogP contribution in [0.15, 0.2) is 18.2 Å². The van der Waals surface area contributed by atoms with Gasteiger partial charge in [-0.25, -0.2) is 0 Å². The Kier molecular flexibility index (Phi) is 4.70. The van der Waals surface area contributed by atoms with Crippen LogP contribution in [0.2, 0.25) is 0 Å². The van der Waals surface area contributed by atoms with Gasteiger partial charge in [0.25, 0.3) is 5.91 Å². The average Bonchev–Trinajstić information content (AvgIpc) is 2.49. The molecule has 1 heterocycles. The van der Waals surface area contributed by atoms with Gasteiger partial charge in [-0.15, -0.1) is 0 Å². The molecule has 6 nitrogen and oxygen atoms in total. The van der Waals surface area contributed by atoms with Gasteiger partial charge in [0, 0.05) is 24.3 Å². The fourth-order valence-corrected chi connectivity index (χ4v) is 2.20. The molecule has 1 saturated heterocycles. The number of aryl methyl sites for hydroxylation is 1. The number of carbonyl (C=O) groups is 3. The standard InChI is InChI=1S/C15H18N2O4/c1-10-2-3-11(16)8-12(10)13(18)9-14(19)15(20)17-4-6-21-7-5-17/h2-3,8H,4-7,9,16H2,1H3. The number of ketones is 2. The van der Waals surface area contributed by atoms with Gasteiger partial charge < -0.3 is 15.4 Å². The largest absolute Gasteiger partial charge is 0.399 e. The van der Waals surface area contributed by atoms with E-state index in [1.165, 1.54) is 11.0 Å². The smallest absolute Gasteiger partial charge is 0.290 e. The SMILES string of the molecule is Cc1ccc(N)cc1C(=O)CC(=O)C(=O)N1CCOCC1. The Bertz CT molecular complexity index is 577. The number of hydrogen-bond donors (Lipinski definition) is 1. The van der Waals surface area contributed by atoms with E-state index in [2.05, 4.69) is 0 Å². The van der Waals surface area contributed by atoms with Crippen LogP contribution in [0.1, 0.15) is 22.3 Å². The molecule has 0 aromatic heterocycles. The molecule has 0 atom stereocenters. The quantitative estimate of drug-likeness (QED) is 0.379. The lowest BCUT2D eigenvalue weighted by Crippen LogP contribution is -2.44. The molecule has 2 rings (SSSR count). The minimum atomic E-state index is -0.691. The molecule has 0 aliphatic carbocycles. The third-order valence-electron chi connectivity index (χ3n) is 3.42. The normalized spacial score (nSPS) is 14.8. The zero-order chi connectivity index (χ0) is 15.4. The first-order valence-electron chi connectivity index (χ1n) is 6.78. The first-order valence-corrected chi connectivity index (χ1v) is 6.78. The molecule has 112 valence electrons. The minimum Gasteiger partial charge on any atom is -0.399 e. The lowest BCUT2D eigenvalue weighted by atomic mass is 10.00. The molecule has 1 amide bonds. The topological polar surface area (TPSA) is 89.7 Å². The highest BCUT2D eigenvalue weighted by Gasteiger charge is 2.26. The van der Waals surface area contributed by atoms with Gasteiger partial charge in [0.2, 0.25) is 5.78 Å². The van der Waals surface area contributed by atoms with Crippen molar-refractivity contribution in [2.75, 3.05) is 32.0 Å². The van der Waals surface area contributed by atoms with Gasteiger partial charge in [0.1, 0.15) is 0 Å². The van der Waals surface area contributed by atoms with Gasteiger partial charge in [-0.3, -0.25) is 14.4 Å². The van der Waals surface area contributed by atoms with Crippen LogP contribution in [0, 0.1) is 6.92 Å². The Morgan fingerprint density at radius 1 is 1.24 bits per heavy atom. The van der Waals surface area contributed by atoms with E-state index in [0.29, 0.717) is 37.6 Å². The highest BCUT2D eigenvalue weighted by atomic mass is 16.5. The molecule has 0 radical (unpaired) electrons.